The molecule has 8 nitrogen and oxygen atoms in total. The number of hydrazone groups is 1. The van der Waals surface area contributed by atoms with Crippen LogP contribution in [0.4, 0.5) is 0 Å². The van der Waals surface area contributed by atoms with Gasteiger partial charge in [0.1, 0.15) is 17.2 Å². The number of amides is 1. The summed E-state index contributed by atoms with van der Waals surface area (Å²) in [7, 11) is 4.31. The maximum absolute atomic E-state index is 12.2. The Kier molecular flexibility index (Phi) is 7.18. The van der Waals surface area contributed by atoms with Crippen LogP contribution in [0, 0.1) is 0 Å². The molecule has 27 heavy (non-hydrogen) atoms. The minimum absolute atomic E-state index is 0.163. The SMILES string of the molecule is COC(=O)COc1ccc(/C=N/NC(=O)c2cc(OC)cc(OC)c2)cc1. The highest BCUT2D eigenvalue weighted by Crippen LogP contribution is 2.22. The van der Waals surface area contributed by atoms with Crippen molar-refractivity contribution >= 4 is 18.1 Å². The van der Waals surface area contributed by atoms with Crippen molar-refractivity contribution in [2.24, 2.45) is 5.10 Å². The maximum Gasteiger partial charge on any atom is 0.343 e. The Morgan fingerprint density at radius 2 is 1.59 bits per heavy atom. The van der Waals surface area contributed by atoms with Gasteiger partial charge in [-0.15, -0.1) is 0 Å². The number of hydrogen-bond acceptors (Lipinski definition) is 7. The van der Waals surface area contributed by atoms with Crippen LogP contribution in [-0.2, 0) is 9.53 Å². The predicted molar refractivity (Wildman–Crippen MR) is 98.6 cm³/mol. The van der Waals surface area contributed by atoms with Gasteiger partial charge in [0, 0.05) is 11.6 Å². The zero-order chi connectivity index (χ0) is 19.6. The van der Waals surface area contributed by atoms with E-state index in [0.717, 1.165) is 5.56 Å². The molecule has 142 valence electrons. The van der Waals surface area contributed by atoms with Crippen LogP contribution in [0.2, 0.25) is 0 Å². The lowest BCUT2D eigenvalue weighted by Gasteiger charge is -2.07. The Bertz CT molecular complexity index is 795. The average molecular weight is 372 g/mol. The highest BCUT2D eigenvalue weighted by molar-refractivity contribution is 5.95. The fraction of sp³-hybridized carbons (Fsp3) is 0.211. The fourth-order valence-electron chi connectivity index (χ4n) is 2.02. The molecule has 2 rings (SSSR count). The summed E-state index contributed by atoms with van der Waals surface area (Å²) in [5, 5.41) is 3.92. The molecule has 0 saturated heterocycles. The van der Waals surface area contributed by atoms with E-state index in [4.69, 9.17) is 14.2 Å². The molecule has 0 fully saturated rings. The van der Waals surface area contributed by atoms with E-state index in [2.05, 4.69) is 15.3 Å². The van der Waals surface area contributed by atoms with Gasteiger partial charge in [-0.3, -0.25) is 4.79 Å². The smallest absolute Gasteiger partial charge is 0.343 e. The topological polar surface area (TPSA) is 95.5 Å². The van der Waals surface area contributed by atoms with Crippen LogP contribution in [-0.4, -0.2) is 46.0 Å². The largest absolute Gasteiger partial charge is 0.497 e. The zero-order valence-corrected chi connectivity index (χ0v) is 15.2. The van der Waals surface area contributed by atoms with Crippen LogP contribution in [0.3, 0.4) is 0 Å². The standard InChI is InChI=1S/C19H20N2O6/c1-24-16-8-14(9-17(10-16)25-2)19(23)21-20-11-13-4-6-15(7-5-13)27-12-18(22)26-3/h4-11H,12H2,1-3H3,(H,21,23)/b20-11+. The van der Waals surface area contributed by atoms with Crippen molar-refractivity contribution in [2.75, 3.05) is 27.9 Å². The summed E-state index contributed by atoms with van der Waals surface area (Å²) >= 11 is 0. The monoisotopic (exact) mass is 372 g/mol. The molecular weight excluding hydrogens is 352 g/mol. The molecule has 0 spiro atoms. The molecule has 0 radical (unpaired) electrons. The normalized spacial score (nSPS) is 10.3. The highest BCUT2D eigenvalue weighted by Gasteiger charge is 2.09. The lowest BCUT2D eigenvalue weighted by molar-refractivity contribution is -0.142. The van der Waals surface area contributed by atoms with E-state index in [1.807, 2.05) is 0 Å². The minimum Gasteiger partial charge on any atom is -0.497 e. The first kappa shape index (κ1) is 19.8. The number of nitrogens with zero attached hydrogens (tertiary/aromatic N) is 1. The van der Waals surface area contributed by atoms with Crippen molar-refractivity contribution in [1.82, 2.24) is 5.43 Å². The Labute approximate surface area is 156 Å². The second-order valence-corrected chi connectivity index (χ2v) is 5.23. The second kappa shape index (κ2) is 9.81. The lowest BCUT2D eigenvalue weighted by atomic mass is 10.2. The fourth-order valence-corrected chi connectivity index (χ4v) is 2.02. The van der Waals surface area contributed by atoms with E-state index in [1.54, 1.807) is 42.5 Å². The molecule has 8 heteroatoms. The summed E-state index contributed by atoms with van der Waals surface area (Å²) in [6.07, 6.45) is 1.49. The van der Waals surface area contributed by atoms with Gasteiger partial charge in [-0.1, -0.05) is 0 Å². The molecule has 0 aliphatic rings. The van der Waals surface area contributed by atoms with Crippen LogP contribution in [0.1, 0.15) is 15.9 Å². The predicted octanol–water partition coefficient (Wildman–Crippen LogP) is 2.02. The van der Waals surface area contributed by atoms with Crippen LogP contribution in [0.15, 0.2) is 47.6 Å². The van der Waals surface area contributed by atoms with Gasteiger partial charge in [0.25, 0.3) is 5.91 Å². The van der Waals surface area contributed by atoms with Crippen LogP contribution in [0.5, 0.6) is 17.2 Å². The first-order valence-electron chi connectivity index (χ1n) is 7.92. The Morgan fingerprint density at radius 3 is 2.15 bits per heavy atom. The number of carbonyl (C=O) groups excluding carboxylic acids is 2. The number of carbonyl (C=O) groups is 2. The zero-order valence-electron chi connectivity index (χ0n) is 15.2. The van der Waals surface area contributed by atoms with Gasteiger partial charge in [0.2, 0.25) is 0 Å². The van der Waals surface area contributed by atoms with Crippen LogP contribution >= 0.6 is 0 Å². The van der Waals surface area contributed by atoms with Gasteiger partial charge in [-0.05, 0) is 42.0 Å². The number of esters is 1. The quantitative estimate of drug-likeness (QED) is 0.433. The lowest BCUT2D eigenvalue weighted by Crippen LogP contribution is -2.17. The highest BCUT2D eigenvalue weighted by atomic mass is 16.6. The van der Waals surface area contributed by atoms with Gasteiger partial charge in [0.05, 0.1) is 27.5 Å². The molecule has 1 amide bonds. The second-order valence-electron chi connectivity index (χ2n) is 5.23. The molecule has 0 aliphatic carbocycles. The average Bonchev–Trinajstić information content (AvgIpc) is 2.72. The van der Waals surface area contributed by atoms with Gasteiger partial charge in [0.15, 0.2) is 6.61 Å². The number of methoxy groups -OCH3 is 3. The number of benzene rings is 2. The number of nitrogens with one attached hydrogen (secondary N) is 1. The maximum atomic E-state index is 12.2. The minimum atomic E-state index is -0.461. The van der Waals surface area contributed by atoms with E-state index in [9.17, 15) is 9.59 Å². The summed E-state index contributed by atoms with van der Waals surface area (Å²) in [6, 6.07) is 11.7. The molecule has 0 saturated carbocycles. The number of hydrogen-bond donors (Lipinski definition) is 1. The van der Waals surface area contributed by atoms with Gasteiger partial charge in [-0.25, -0.2) is 10.2 Å². The van der Waals surface area contributed by atoms with Crippen molar-refractivity contribution in [3.63, 3.8) is 0 Å². The molecule has 0 bridgehead atoms. The molecule has 2 aromatic carbocycles. The van der Waals surface area contributed by atoms with E-state index in [0.29, 0.717) is 22.8 Å². The van der Waals surface area contributed by atoms with E-state index >= 15 is 0 Å². The third-order valence-corrected chi connectivity index (χ3v) is 3.46. The summed E-state index contributed by atoms with van der Waals surface area (Å²) < 4.78 is 20.0. The van der Waals surface area contributed by atoms with Gasteiger partial charge >= 0.3 is 5.97 Å². The van der Waals surface area contributed by atoms with Gasteiger partial charge < -0.3 is 18.9 Å². The Balaban J connectivity index is 1.94. The molecule has 0 unspecified atom stereocenters. The van der Waals surface area contributed by atoms with Crippen molar-refractivity contribution in [3.8, 4) is 17.2 Å². The first-order valence-corrected chi connectivity index (χ1v) is 7.92. The first-order chi connectivity index (χ1) is 13.0. The number of rotatable bonds is 8. The van der Waals surface area contributed by atoms with Crippen molar-refractivity contribution < 1.29 is 28.5 Å². The summed E-state index contributed by atoms with van der Waals surface area (Å²) in [6.45, 7) is -0.163. The summed E-state index contributed by atoms with van der Waals surface area (Å²) in [5.74, 6) is 0.668. The van der Waals surface area contributed by atoms with Gasteiger partial charge in [-0.2, -0.15) is 5.10 Å². The van der Waals surface area contributed by atoms with Crippen LogP contribution in [0.25, 0.3) is 0 Å². The van der Waals surface area contributed by atoms with Crippen molar-refractivity contribution in [1.29, 1.82) is 0 Å². The Hall–Kier alpha value is -3.55. The molecule has 0 aromatic heterocycles. The molecular formula is C19H20N2O6. The van der Waals surface area contributed by atoms with E-state index in [1.165, 1.54) is 27.5 Å². The van der Waals surface area contributed by atoms with Crippen molar-refractivity contribution in [3.05, 3.63) is 53.6 Å². The van der Waals surface area contributed by atoms with E-state index in [-0.39, 0.29) is 6.61 Å². The summed E-state index contributed by atoms with van der Waals surface area (Å²) in [5.41, 5.74) is 3.54. The molecule has 1 N–H and O–H groups in total. The third-order valence-electron chi connectivity index (χ3n) is 3.46. The van der Waals surface area contributed by atoms with Crippen molar-refractivity contribution in [2.45, 2.75) is 0 Å². The summed E-state index contributed by atoms with van der Waals surface area (Å²) in [4.78, 5) is 23.2. The molecule has 2 aromatic rings. The van der Waals surface area contributed by atoms with E-state index < -0.39 is 11.9 Å². The molecule has 0 atom stereocenters. The molecule has 0 heterocycles. The van der Waals surface area contributed by atoms with Crippen LogP contribution < -0.4 is 19.6 Å². The number of ether oxygens (including phenoxy) is 4. The Morgan fingerprint density at radius 1 is 0.963 bits per heavy atom. The third kappa shape index (κ3) is 6.03. The molecule has 0 aliphatic heterocycles.